The standard InChI is InChI=1S/C21H25.C13H10.C5H5.2CH3.Zr/c1-20(2,3)16-7-9-18-14(12-16)11-15-13-17(21(4,5)6)8-10-19(15)18;1-3-7-12(8-4-1)11-13-9-5-2-6-10-13;1-2-4-5-3-1;;;/h7-10,12H,11H2,1-6H3;1-10H;1-5H;2*1H3;/q-1;;3*-1;. The van der Waals surface area contributed by atoms with E-state index >= 15 is 0 Å². The molecule has 1 heteroatoms. The van der Waals surface area contributed by atoms with Gasteiger partial charge < -0.3 is 14.9 Å². The Morgan fingerprint density at radius 3 is 1.62 bits per heavy atom. The second kappa shape index (κ2) is 15.5. The SMILES string of the molecule is CC(C)(C)c1[c-]c2c(cc1)-c1ccc(C(C)(C)C)cc1C2.[CH3-].[CH3-].[Zr]=[C](c1ccccc1)c1ccccc1.c1cc[cH-]c1. The van der Waals surface area contributed by atoms with Crippen molar-refractivity contribution in [2.75, 3.05) is 0 Å². The minimum absolute atomic E-state index is 0. The van der Waals surface area contributed by atoms with Gasteiger partial charge in [0.05, 0.1) is 0 Å². The Balaban J connectivity index is 0.000000253. The minimum Gasteiger partial charge on any atom is -0.214 e. The molecule has 0 aromatic heterocycles. The molecule has 6 rings (SSSR count). The number of benzene rings is 4. The average Bonchev–Trinajstić information content (AvgIpc) is 3.64. The Hall–Kier alpha value is -3.02. The van der Waals surface area contributed by atoms with Gasteiger partial charge in [-0.25, -0.2) is 12.1 Å². The maximum atomic E-state index is 3.67. The summed E-state index contributed by atoms with van der Waals surface area (Å²) in [6.45, 7) is 13.6. The second-order valence-electron chi connectivity index (χ2n) is 12.4. The first-order chi connectivity index (χ1) is 19.0. The Labute approximate surface area is 271 Å². The molecule has 0 saturated carbocycles. The van der Waals surface area contributed by atoms with Crippen LogP contribution in [0.25, 0.3) is 11.1 Å². The van der Waals surface area contributed by atoms with Gasteiger partial charge >= 0.3 is 99.2 Å². The predicted molar refractivity (Wildman–Crippen MR) is 182 cm³/mol. The van der Waals surface area contributed by atoms with Crippen LogP contribution in [0.3, 0.4) is 0 Å². The first kappa shape index (κ1) is 35.2. The van der Waals surface area contributed by atoms with Crippen molar-refractivity contribution in [3.8, 4) is 11.1 Å². The van der Waals surface area contributed by atoms with Crippen molar-refractivity contribution in [3.63, 3.8) is 0 Å². The zero-order chi connectivity index (χ0) is 28.8. The number of rotatable bonds is 2. The van der Waals surface area contributed by atoms with Crippen molar-refractivity contribution in [2.45, 2.75) is 58.8 Å². The van der Waals surface area contributed by atoms with Crippen LogP contribution in [0.15, 0.2) is 121 Å². The molecule has 0 unspecified atom stereocenters. The van der Waals surface area contributed by atoms with Crippen molar-refractivity contribution in [3.05, 3.63) is 176 Å². The molecule has 0 spiro atoms. The maximum absolute atomic E-state index is 3.67. The van der Waals surface area contributed by atoms with E-state index in [4.69, 9.17) is 0 Å². The number of hydrogen-bond acceptors (Lipinski definition) is 0. The van der Waals surface area contributed by atoms with Crippen molar-refractivity contribution < 1.29 is 24.2 Å². The molecule has 5 aromatic rings. The van der Waals surface area contributed by atoms with Crippen LogP contribution in [0.5, 0.6) is 0 Å². The van der Waals surface area contributed by atoms with Crippen molar-refractivity contribution in [1.82, 2.24) is 0 Å². The zero-order valence-electron chi connectivity index (χ0n) is 26.8. The summed E-state index contributed by atoms with van der Waals surface area (Å²) in [5.41, 5.74) is 11.4. The molecular formula is C41H46Zr-4. The maximum Gasteiger partial charge on any atom is -0.172 e. The topological polar surface area (TPSA) is 0 Å². The van der Waals surface area contributed by atoms with E-state index in [-0.39, 0.29) is 25.7 Å². The fourth-order valence-corrected chi connectivity index (χ4v) is 5.54. The average molecular weight is 630 g/mol. The van der Waals surface area contributed by atoms with E-state index in [0.29, 0.717) is 0 Å². The van der Waals surface area contributed by atoms with Crippen LogP contribution in [0.4, 0.5) is 0 Å². The predicted octanol–water partition coefficient (Wildman–Crippen LogP) is 10.8. The van der Waals surface area contributed by atoms with Crippen molar-refractivity contribution >= 4 is 3.21 Å². The summed E-state index contributed by atoms with van der Waals surface area (Å²) in [4.78, 5) is 0. The van der Waals surface area contributed by atoms with Gasteiger partial charge in [0.15, 0.2) is 0 Å². The third kappa shape index (κ3) is 9.24. The molecule has 0 saturated heterocycles. The van der Waals surface area contributed by atoms with Gasteiger partial charge in [-0.1, -0.05) is 65.3 Å². The molecule has 0 fully saturated rings. The van der Waals surface area contributed by atoms with Crippen LogP contribution in [0.2, 0.25) is 0 Å². The van der Waals surface area contributed by atoms with Crippen LogP contribution >= 0.6 is 0 Å². The molecule has 0 heterocycles. The first-order valence-electron chi connectivity index (χ1n) is 14.1. The third-order valence-corrected chi connectivity index (χ3v) is 8.56. The van der Waals surface area contributed by atoms with Gasteiger partial charge in [-0.15, -0.1) is 11.1 Å². The molecule has 42 heavy (non-hydrogen) atoms. The summed E-state index contributed by atoms with van der Waals surface area (Å²) in [5, 5.41) is 0. The Kier molecular flexibility index (Phi) is 12.9. The Morgan fingerprint density at radius 1 is 0.643 bits per heavy atom. The van der Waals surface area contributed by atoms with Gasteiger partial charge in [0, 0.05) is 0 Å². The van der Waals surface area contributed by atoms with Gasteiger partial charge in [-0.3, -0.25) is 0 Å². The molecule has 218 valence electrons. The summed E-state index contributed by atoms with van der Waals surface area (Å²) in [6, 6.07) is 46.3. The monoisotopic (exact) mass is 628 g/mol. The van der Waals surface area contributed by atoms with Crippen LogP contribution < -0.4 is 0 Å². The third-order valence-electron chi connectivity index (χ3n) is 7.14. The summed E-state index contributed by atoms with van der Waals surface area (Å²) in [7, 11) is 0. The van der Waals surface area contributed by atoms with E-state index in [1.807, 2.05) is 30.3 Å². The van der Waals surface area contributed by atoms with Gasteiger partial charge in [0.25, 0.3) is 0 Å². The summed E-state index contributed by atoms with van der Waals surface area (Å²) >= 11 is 1.46. The van der Waals surface area contributed by atoms with E-state index in [1.54, 1.807) is 0 Å². The zero-order valence-corrected chi connectivity index (χ0v) is 29.2. The van der Waals surface area contributed by atoms with Gasteiger partial charge in [-0.05, 0) is 28.4 Å². The molecular weight excluding hydrogens is 584 g/mol. The molecule has 0 N–H and O–H groups in total. The quantitative estimate of drug-likeness (QED) is 0.167. The first-order valence-corrected chi connectivity index (χ1v) is 15.3. The fraction of sp³-hybridized carbons (Fsp3) is 0.220. The molecule has 0 atom stereocenters. The van der Waals surface area contributed by atoms with Crippen LogP contribution in [-0.2, 0) is 41.5 Å². The second-order valence-corrected chi connectivity index (χ2v) is 13.6. The van der Waals surface area contributed by atoms with Crippen LogP contribution in [0.1, 0.15) is 74.9 Å². The van der Waals surface area contributed by atoms with Gasteiger partial charge in [0.2, 0.25) is 0 Å². The summed E-state index contributed by atoms with van der Waals surface area (Å²) in [5.74, 6) is 0. The summed E-state index contributed by atoms with van der Waals surface area (Å²) < 4.78 is 1.42. The molecule has 0 nitrogen and oxygen atoms in total. The smallest absolute Gasteiger partial charge is 0.172 e. The molecule has 0 aliphatic heterocycles. The molecule has 1 aliphatic rings. The van der Waals surface area contributed by atoms with E-state index in [0.717, 1.165) is 6.42 Å². The Morgan fingerprint density at radius 2 is 1.17 bits per heavy atom. The molecule has 0 bridgehead atoms. The molecule has 0 amide bonds. The minimum atomic E-state index is 0. The van der Waals surface area contributed by atoms with Crippen LogP contribution in [0, 0.1) is 20.9 Å². The fourth-order valence-electron chi connectivity index (χ4n) is 4.72. The van der Waals surface area contributed by atoms with Crippen molar-refractivity contribution in [1.29, 1.82) is 0 Å². The largest absolute Gasteiger partial charge is 0.214 e. The van der Waals surface area contributed by atoms with Crippen LogP contribution in [-0.4, -0.2) is 3.21 Å². The van der Waals surface area contributed by atoms with E-state index in [1.165, 1.54) is 71.9 Å². The number of fused-ring (bicyclic) bond motifs is 3. The Bertz CT molecular complexity index is 1390. The van der Waals surface area contributed by atoms with Crippen molar-refractivity contribution in [2.24, 2.45) is 0 Å². The van der Waals surface area contributed by atoms with Gasteiger partial charge in [-0.2, -0.15) is 42.0 Å². The van der Waals surface area contributed by atoms with E-state index in [9.17, 15) is 0 Å². The molecule has 1 aliphatic carbocycles. The van der Waals surface area contributed by atoms with Gasteiger partial charge in [0.1, 0.15) is 0 Å². The van der Waals surface area contributed by atoms with E-state index < -0.39 is 0 Å². The van der Waals surface area contributed by atoms with E-state index in [2.05, 4.69) is 139 Å². The molecule has 5 aromatic carbocycles. The summed E-state index contributed by atoms with van der Waals surface area (Å²) in [6.07, 6.45) is 1.03. The molecule has 0 radical (unpaired) electrons. The number of hydrogen-bond donors (Lipinski definition) is 0. The normalized spacial score (nSPS) is 11.2.